The van der Waals surface area contributed by atoms with Crippen LogP contribution in [0.25, 0.3) is 0 Å². The van der Waals surface area contributed by atoms with E-state index < -0.39 is 24.0 Å². The summed E-state index contributed by atoms with van der Waals surface area (Å²) < 4.78 is 19.6. The lowest BCUT2D eigenvalue weighted by Crippen LogP contribution is -2.29. The molecule has 126 valence electrons. The van der Waals surface area contributed by atoms with Crippen molar-refractivity contribution < 1.29 is 38.4 Å². The number of carboxylic acids is 1. The van der Waals surface area contributed by atoms with E-state index >= 15 is 0 Å². The third-order valence-electron chi connectivity index (χ3n) is 2.44. The molecule has 0 aliphatic rings. The minimum atomic E-state index is -1.28. The lowest BCUT2D eigenvalue weighted by atomic mass is 10.2. The number of carbonyl (C=O) groups excluding carboxylic acids is 2. The molecule has 0 amide bonds. The van der Waals surface area contributed by atoms with Gasteiger partial charge in [-0.1, -0.05) is 0 Å². The molecule has 0 saturated heterocycles. The van der Waals surface area contributed by atoms with Crippen LogP contribution in [0.2, 0.25) is 0 Å². The van der Waals surface area contributed by atoms with Crippen molar-refractivity contribution in [3.05, 3.63) is 12.2 Å². The number of esters is 2. The molecule has 0 aromatic rings. The van der Waals surface area contributed by atoms with Crippen LogP contribution in [0.4, 0.5) is 0 Å². The highest BCUT2D eigenvalue weighted by atomic mass is 16.6. The largest absolute Gasteiger partial charge is 0.478 e. The zero-order chi connectivity index (χ0) is 16.8. The molecular weight excluding hydrogens is 296 g/mol. The Kier molecular flexibility index (Phi) is 11.7. The van der Waals surface area contributed by atoms with Crippen LogP contribution in [0.5, 0.6) is 0 Å². The van der Waals surface area contributed by atoms with E-state index in [2.05, 4.69) is 0 Å². The fraction of sp³-hybridized carbons (Fsp3) is 0.643. The first-order chi connectivity index (χ1) is 10.5. The topological polar surface area (TPSA) is 108 Å². The van der Waals surface area contributed by atoms with Gasteiger partial charge in [0.15, 0.2) is 6.10 Å². The summed E-state index contributed by atoms with van der Waals surface area (Å²) in [5.41, 5.74) is 0. The van der Waals surface area contributed by atoms with E-state index in [-0.39, 0.29) is 13.0 Å². The maximum atomic E-state index is 11.9. The Bertz CT molecular complexity index is 377. The summed E-state index contributed by atoms with van der Waals surface area (Å²) in [6.45, 7) is 0.995. The van der Waals surface area contributed by atoms with Gasteiger partial charge < -0.3 is 24.1 Å². The number of carbonyl (C=O) groups is 3. The van der Waals surface area contributed by atoms with Crippen molar-refractivity contribution in [3.63, 3.8) is 0 Å². The van der Waals surface area contributed by atoms with Gasteiger partial charge in [-0.05, 0) is 12.8 Å². The molecule has 8 heteroatoms. The van der Waals surface area contributed by atoms with Crippen LogP contribution in [0.1, 0.15) is 19.3 Å². The normalized spacial score (nSPS) is 12.1. The summed E-state index contributed by atoms with van der Waals surface area (Å²) >= 11 is 0. The number of aliphatic carboxylic acids is 1. The van der Waals surface area contributed by atoms with Gasteiger partial charge in [0.05, 0.1) is 6.61 Å². The van der Waals surface area contributed by atoms with Gasteiger partial charge in [0.1, 0.15) is 0 Å². The van der Waals surface area contributed by atoms with Crippen LogP contribution in [0, 0.1) is 0 Å². The molecule has 8 nitrogen and oxygen atoms in total. The SMILES string of the molecule is COCCCOC(=O)C(CCCOC)OC(=O)/C=C/C(=O)O. The fourth-order valence-corrected chi connectivity index (χ4v) is 1.43. The highest BCUT2D eigenvalue weighted by Gasteiger charge is 2.23. The van der Waals surface area contributed by atoms with Gasteiger partial charge in [0.2, 0.25) is 0 Å². The number of carboxylic acid groups (broad SMARTS) is 1. The van der Waals surface area contributed by atoms with E-state index in [4.69, 9.17) is 24.1 Å². The molecule has 22 heavy (non-hydrogen) atoms. The van der Waals surface area contributed by atoms with Crippen LogP contribution >= 0.6 is 0 Å². The van der Waals surface area contributed by atoms with Crippen molar-refractivity contribution in [1.29, 1.82) is 0 Å². The number of rotatable bonds is 12. The molecule has 0 rings (SSSR count). The first-order valence-electron chi connectivity index (χ1n) is 6.77. The molecule has 0 fully saturated rings. The summed E-state index contributed by atoms with van der Waals surface area (Å²) in [7, 11) is 3.05. The summed E-state index contributed by atoms with van der Waals surface area (Å²) in [5.74, 6) is -2.88. The van der Waals surface area contributed by atoms with Gasteiger partial charge in [-0.2, -0.15) is 0 Å². The first kappa shape index (κ1) is 20.1. The van der Waals surface area contributed by atoms with Crippen molar-refractivity contribution in [1.82, 2.24) is 0 Å². The second kappa shape index (κ2) is 12.8. The molecule has 1 atom stereocenters. The van der Waals surface area contributed by atoms with E-state index in [1.807, 2.05) is 0 Å². The molecule has 0 aromatic carbocycles. The lowest BCUT2D eigenvalue weighted by Gasteiger charge is -2.15. The van der Waals surface area contributed by atoms with Gasteiger partial charge in [-0.3, -0.25) is 0 Å². The molecule has 0 aliphatic heterocycles. The van der Waals surface area contributed by atoms with Gasteiger partial charge >= 0.3 is 17.9 Å². The van der Waals surface area contributed by atoms with Crippen molar-refractivity contribution in [2.45, 2.75) is 25.4 Å². The zero-order valence-corrected chi connectivity index (χ0v) is 12.8. The Morgan fingerprint density at radius 3 is 2.23 bits per heavy atom. The van der Waals surface area contributed by atoms with Crippen molar-refractivity contribution in [2.75, 3.05) is 34.0 Å². The van der Waals surface area contributed by atoms with Crippen LogP contribution in [-0.4, -0.2) is 63.2 Å². The molecule has 0 aliphatic carbocycles. The second-order valence-corrected chi connectivity index (χ2v) is 4.25. The van der Waals surface area contributed by atoms with Crippen LogP contribution < -0.4 is 0 Å². The van der Waals surface area contributed by atoms with Gasteiger partial charge in [0, 0.05) is 46.0 Å². The van der Waals surface area contributed by atoms with E-state index in [0.29, 0.717) is 32.1 Å². The quantitative estimate of drug-likeness (QED) is 0.316. The standard InChI is InChI=1S/C14H22O8/c1-19-8-3-5-11(14(18)21-10-4-9-20-2)22-13(17)7-6-12(15)16/h6-7,11H,3-5,8-10H2,1-2H3,(H,15,16)/b7-6+. The monoisotopic (exact) mass is 318 g/mol. The second-order valence-electron chi connectivity index (χ2n) is 4.25. The third-order valence-corrected chi connectivity index (χ3v) is 2.44. The molecule has 1 unspecified atom stereocenters. The molecule has 0 spiro atoms. The predicted octanol–water partition coefficient (Wildman–Crippen LogP) is 0.545. The molecule has 0 aromatic heterocycles. The summed E-state index contributed by atoms with van der Waals surface area (Å²) in [6, 6.07) is 0. The van der Waals surface area contributed by atoms with E-state index in [1.165, 1.54) is 14.2 Å². The third kappa shape index (κ3) is 10.8. The smallest absolute Gasteiger partial charge is 0.347 e. The highest BCUT2D eigenvalue weighted by Crippen LogP contribution is 2.07. The Labute approximate surface area is 129 Å². The Morgan fingerprint density at radius 2 is 1.64 bits per heavy atom. The van der Waals surface area contributed by atoms with Crippen LogP contribution in [-0.2, 0) is 33.3 Å². The summed E-state index contributed by atoms with van der Waals surface area (Å²) in [5, 5.41) is 8.43. The van der Waals surface area contributed by atoms with Gasteiger partial charge in [0.25, 0.3) is 0 Å². The minimum Gasteiger partial charge on any atom is -0.478 e. The average molecular weight is 318 g/mol. The van der Waals surface area contributed by atoms with Gasteiger partial charge in [-0.25, -0.2) is 14.4 Å². The van der Waals surface area contributed by atoms with Gasteiger partial charge in [-0.15, -0.1) is 0 Å². The molecule has 1 N–H and O–H groups in total. The van der Waals surface area contributed by atoms with Crippen LogP contribution in [0.3, 0.4) is 0 Å². The molecule has 0 radical (unpaired) electrons. The van der Waals surface area contributed by atoms with Crippen molar-refractivity contribution in [3.8, 4) is 0 Å². The lowest BCUT2D eigenvalue weighted by molar-refractivity contribution is -0.166. The first-order valence-corrected chi connectivity index (χ1v) is 6.77. The fourth-order valence-electron chi connectivity index (χ4n) is 1.43. The van der Waals surface area contributed by atoms with E-state index in [0.717, 1.165) is 6.08 Å². The predicted molar refractivity (Wildman–Crippen MR) is 75.2 cm³/mol. The average Bonchev–Trinajstić information content (AvgIpc) is 2.48. The highest BCUT2D eigenvalue weighted by molar-refractivity contribution is 5.92. The zero-order valence-electron chi connectivity index (χ0n) is 12.8. The Morgan fingerprint density at radius 1 is 1.00 bits per heavy atom. The molecular formula is C14H22O8. The number of hydrogen-bond acceptors (Lipinski definition) is 7. The minimum absolute atomic E-state index is 0.149. The maximum absolute atomic E-state index is 11.9. The Hall–Kier alpha value is -1.93. The Balaban J connectivity index is 4.42. The molecule has 0 heterocycles. The number of hydrogen-bond donors (Lipinski definition) is 1. The van der Waals surface area contributed by atoms with E-state index in [1.54, 1.807) is 0 Å². The maximum Gasteiger partial charge on any atom is 0.347 e. The van der Waals surface area contributed by atoms with Crippen molar-refractivity contribution >= 4 is 17.9 Å². The number of methoxy groups -OCH3 is 2. The van der Waals surface area contributed by atoms with Crippen LogP contribution in [0.15, 0.2) is 12.2 Å². The van der Waals surface area contributed by atoms with E-state index in [9.17, 15) is 14.4 Å². The molecule has 0 bridgehead atoms. The summed E-state index contributed by atoms with van der Waals surface area (Å²) in [4.78, 5) is 33.6. The summed E-state index contributed by atoms with van der Waals surface area (Å²) in [6.07, 6.45) is 1.53. The number of ether oxygens (including phenoxy) is 4. The van der Waals surface area contributed by atoms with Crippen molar-refractivity contribution in [2.24, 2.45) is 0 Å². The molecule has 0 saturated carbocycles.